The molecule has 1 heterocycles. The van der Waals surface area contributed by atoms with Crippen molar-refractivity contribution in [2.75, 3.05) is 25.2 Å². The highest BCUT2D eigenvalue weighted by Crippen LogP contribution is 2.35. The Bertz CT molecular complexity index is 891. The number of hydrogen-bond acceptors (Lipinski definition) is 4. The van der Waals surface area contributed by atoms with Crippen molar-refractivity contribution < 1.29 is 19.0 Å². The summed E-state index contributed by atoms with van der Waals surface area (Å²) in [5.74, 6) is 1.70. The molecule has 1 fully saturated rings. The molecule has 1 aliphatic heterocycles. The average molecular weight is 418 g/mol. The predicted molar refractivity (Wildman–Crippen MR) is 116 cm³/mol. The van der Waals surface area contributed by atoms with Crippen LogP contribution in [0.2, 0.25) is 5.02 Å². The fourth-order valence-electron chi connectivity index (χ4n) is 3.11. The van der Waals surface area contributed by atoms with Crippen molar-refractivity contribution in [3.05, 3.63) is 47.0 Å². The van der Waals surface area contributed by atoms with Crippen LogP contribution in [0, 0.1) is 12.3 Å². The van der Waals surface area contributed by atoms with E-state index in [-0.39, 0.29) is 11.3 Å². The first-order chi connectivity index (χ1) is 13.7. The Hall–Kier alpha value is -2.40. The third-order valence-electron chi connectivity index (χ3n) is 4.63. The quantitative estimate of drug-likeness (QED) is 0.642. The lowest BCUT2D eigenvalue weighted by molar-refractivity contribution is -0.122. The Kier molecular flexibility index (Phi) is 6.27. The molecular formula is C23H28ClNO4. The highest BCUT2D eigenvalue weighted by molar-refractivity contribution is 6.32. The van der Waals surface area contributed by atoms with Crippen LogP contribution < -0.4 is 19.1 Å². The molecule has 156 valence electrons. The van der Waals surface area contributed by atoms with Gasteiger partial charge in [-0.1, -0.05) is 38.4 Å². The number of halogens is 1. The number of ether oxygens (including phenoxy) is 3. The van der Waals surface area contributed by atoms with E-state index in [2.05, 4.69) is 20.8 Å². The maximum Gasteiger partial charge on any atom is 0.268 e. The van der Waals surface area contributed by atoms with Gasteiger partial charge in [-0.05, 0) is 42.2 Å². The van der Waals surface area contributed by atoms with Gasteiger partial charge in [-0.15, -0.1) is 0 Å². The number of aryl methyl sites for hydroxylation is 1. The molecule has 1 saturated heterocycles. The molecule has 0 bridgehead atoms. The Morgan fingerprint density at radius 2 is 1.83 bits per heavy atom. The number of rotatable bonds is 6. The fourth-order valence-corrected chi connectivity index (χ4v) is 3.39. The summed E-state index contributed by atoms with van der Waals surface area (Å²) in [5.41, 5.74) is 1.84. The van der Waals surface area contributed by atoms with Gasteiger partial charge < -0.3 is 19.1 Å². The van der Waals surface area contributed by atoms with E-state index >= 15 is 0 Å². The molecule has 5 nitrogen and oxygen atoms in total. The molecule has 0 saturated carbocycles. The number of anilines is 1. The van der Waals surface area contributed by atoms with Crippen molar-refractivity contribution in [2.24, 2.45) is 5.41 Å². The number of carbonyl (C=O) groups is 1. The van der Waals surface area contributed by atoms with E-state index in [4.69, 9.17) is 25.8 Å². The molecule has 2 aromatic carbocycles. The van der Waals surface area contributed by atoms with Gasteiger partial charge >= 0.3 is 0 Å². The van der Waals surface area contributed by atoms with Gasteiger partial charge in [-0.2, -0.15) is 0 Å². The van der Waals surface area contributed by atoms with Crippen molar-refractivity contribution in [2.45, 2.75) is 40.2 Å². The second kappa shape index (κ2) is 8.54. The molecule has 0 spiro atoms. The zero-order valence-electron chi connectivity index (χ0n) is 17.6. The number of benzene rings is 2. The van der Waals surface area contributed by atoms with Gasteiger partial charge in [0.1, 0.15) is 5.75 Å². The summed E-state index contributed by atoms with van der Waals surface area (Å²) in [6.07, 6.45) is 0.0335. The molecular weight excluding hydrogens is 390 g/mol. The number of nitrogens with zero attached hydrogens (tertiary/aromatic N) is 1. The van der Waals surface area contributed by atoms with Crippen LogP contribution in [0.4, 0.5) is 5.69 Å². The SMILES string of the molecule is COc1cc(N2CCC(Oc3ccc(C)cc3Cl)C2=O)ccc1OCC(C)(C)C. The number of hydrogen-bond donors (Lipinski definition) is 0. The van der Waals surface area contributed by atoms with E-state index < -0.39 is 6.10 Å². The number of carbonyl (C=O) groups excluding carboxylic acids is 1. The molecule has 0 aliphatic carbocycles. The Balaban J connectivity index is 1.73. The molecule has 0 radical (unpaired) electrons. The molecule has 1 atom stereocenters. The molecule has 0 aromatic heterocycles. The summed E-state index contributed by atoms with van der Waals surface area (Å²) in [5, 5.41) is 0.512. The second-order valence-electron chi connectivity index (χ2n) is 8.50. The molecule has 6 heteroatoms. The monoisotopic (exact) mass is 417 g/mol. The van der Waals surface area contributed by atoms with Gasteiger partial charge in [-0.25, -0.2) is 0 Å². The highest BCUT2D eigenvalue weighted by atomic mass is 35.5. The predicted octanol–water partition coefficient (Wildman–Crippen LogP) is 5.27. The fraction of sp³-hybridized carbons (Fsp3) is 0.435. The Morgan fingerprint density at radius 3 is 2.48 bits per heavy atom. The van der Waals surface area contributed by atoms with Gasteiger partial charge in [0.25, 0.3) is 5.91 Å². The zero-order chi connectivity index (χ0) is 21.2. The molecule has 1 amide bonds. The van der Waals surface area contributed by atoms with Crippen LogP contribution in [0.15, 0.2) is 36.4 Å². The summed E-state index contributed by atoms with van der Waals surface area (Å²) in [7, 11) is 1.60. The lowest BCUT2D eigenvalue weighted by Crippen LogP contribution is -2.32. The maximum atomic E-state index is 12.9. The molecule has 1 aliphatic rings. The molecule has 1 unspecified atom stereocenters. The summed E-state index contributed by atoms with van der Waals surface area (Å²) in [4.78, 5) is 14.6. The smallest absolute Gasteiger partial charge is 0.268 e. The van der Waals surface area contributed by atoms with E-state index in [1.165, 1.54) is 0 Å². The van der Waals surface area contributed by atoms with Gasteiger partial charge in [0.2, 0.25) is 0 Å². The van der Waals surface area contributed by atoms with Crippen LogP contribution in [0.25, 0.3) is 0 Å². The number of methoxy groups -OCH3 is 1. The second-order valence-corrected chi connectivity index (χ2v) is 8.91. The minimum atomic E-state index is -0.557. The summed E-state index contributed by atoms with van der Waals surface area (Å²) >= 11 is 6.25. The van der Waals surface area contributed by atoms with Crippen molar-refractivity contribution in [1.82, 2.24) is 0 Å². The van der Waals surface area contributed by atoms with Crippen LogP contribution in [0.3, 0.4) is 0 Å². The number of amides is 1. The topological polar surface area (TPSA) is 48.0 Å². The third-order valence-corrected chi connectivity index (χ3v) is 4.93. The lowest BCUT2D eigenvalue weighted by atomic mass is 9.99. The first-order valence-corrected chi connectivity index (χ1v) is 10.1. The Morgan fingerprint density at radius 1 is 1.10 bits per heavy atom. The first kappa shape index (κ1) is 21.3. The van der Waals surface area contributed by atoms with Crippen LogP contribution in [-0.2, 0) is 4.79 Å². The zero-order valence-corrected chi connectivity index (χ0v) is 18.4. The molecule has 29 heavy (non-hydrogen) atoms. The van der Waals surface area contributed by atoms with E-state index in [9.17, 15) is 4.79 Å². The minimum Gasteiger partial charge on any atom is -0.493 e. The van der Waals surface area contributed by atoms with Gasteiger partial charge in [0.15, 0.2) is 17.6 Å². The van der Waals surface area contributed by atoms with Gasteiger partial charge in [-0.3, -0.25) is 4.79 Å². The van der Waals surface area contributed by atoms with E-state index in [1.54, 1.807) is 18.1 Å². The van der Waals surface area contributed by atoms with E-state index in [0.717, 1.165) is 11.3 Å². The van der Waals surface area contributed by atoms with Crippen molar-refractivity contribution in [3.63, 3.8) is 0 Å². The average Bonchev–Trinajstić information content (AvgIpc) is 3.02. The normalized spacial score (nSPS) is 16.8. The minimum absolute atomic E-state index is 0.0381. The molecule has 3 rings (SSSR count). The van der Waals surface area contributed by atoms with Crippen LogP contribution in [0.1, 0.15) is 32.8 Å². The van der Waals surface area contributed by atoms with Crippen molar-refractivity contribution >= 4 is 23.2 Å². The summed E-state index contributed by atoms with van der Waals surface area (Å²) in [6, 6.07) is 11.1. The van der Waals surface area contributed by atoms with E-state index in [0.29, 0.717) is 41.8 Å². The van der Waals surface area contributed by atoms with E-state index in [1.807, 2.05) is 37.3 Å². The first-order valence-electron chi connectivity index (χ1n) is 9.73. The van der Waals surface area contributed by atoms with Gasteiger partial charge in [0, 0.05) is 24.7 Å². The standard InChI is InChI=1S/C23H28ClNO4/c1-15-6-8-18(17(24)12-15)29-20-10-11-25(22(20)26)16-7-9-19(21(13-16)27-5)28-14-23(2,3)4/h6-9,12-13,20H,10-11,14H2,1-5H3. The van der Waals surface area contributed by atoms with Crippen LogP contribution >= 0.6 is 11.6 Å². The summed E-state index contributed by atoms with van der Waals surface area (Å²) in [6.45, 7) is 9.42. The van der Waals surface area contributed by atoms with Crippen molar-refractivity contribution in [1.29, 1.82) is 0 Å². The van der Waals surface area contributed by atoms with Crippen molar-refractivity contribution in [3.8, 4) is 17.2 Å². The highest BCUT2D eigenvalue weighted by Gasteiger charge is 2.35. The molecule has 0 N–H and O–H groups in total. The lowest BCUT2D eigenvalue weighted by Gasteiger charge is -2.22. The Labute approximate surface area is 177 Å². The van der Waals surface area contributed by atoms with Gasteiger partial charge in [0.05, 0.1) is 18.7 Å². The maximum absolute atomic E-state index is 12.9. The summed E-state index contributed by atoms with van der Waals surface area (Å²) < 4.78 is 17.3. The molecule has 2 aromatic rings. The third kappa shape index (κ3) is 5.15. The van der Waals surface area contributed by atoms with Crippen LogP contribution in [0.5, 0.6) is 17.2 Å². The largest absolute Gasteiger partial charge is 0.493 e. The van der Waals surface area contributed by atoms with Crippen LogP contribution in [-0.4, -0.2) is 32.3 Å².